The molecule has 5 heteroatoms. The maximum absolute atomic E-state index is 11.4. The average molecular weight is 198 g/mol. The van der Waals surface area contributed by atoms with Crippen molar-refractivity contribution in [2.45, 2.75) is 33.2 Å². The summed E-state index contributed by atoms with van der Waals surface area (Å²) in [5, 5.41) is 9.60. The molecule has 0 aliphatic rings. The number of rotatable bonds is 2. The molecule has 1 unspecified atom stereocenters. The monoisotopic (exact) mass is 198 g/mol. The van der Waals surface area contributed by atoms with Gasteiger partial charge < -0.3 is 5.11 Å². The summed E-state index contributed by atoms with van der Waals surface area (Å²) in [6.45, 7) is 5.18. The first-order valence-corrected chi connectivity index (χ1v) is 4.53. The van der Waals surface area contributed by atoms with Crippen LogP contribution in [0, 0.1) is 6.92 Å². The molecule has 0 spiro atoms. The second kappa shape index (κ2) is 3.69. The number of aromatic amines is 1. The summed E-state index contributed by atoms with van der Waals surface area (Å²) in [4.78, 5) is 24.6. The van der Waals surface area contributed by atoms with Crippen molar-refractivity contribution in [3.63, 3.8) is 0 Å². The van der Waals surface area contributed by atoms with E-state index in [-0.39, 0.29) is 17.5 Å². The Labute approximate surface area is 81.0 Å². The van der Waals surface area contributed by atoms with E-state index in [0.717, 1.165) is 0 Å². The van der Waals surface area contributed by atoms with Crippen molar-refractivity contribution in [3.8, 4) is 5.88 Å². The molecule has 1 aromatic rings. The molecule has 1 heterocycles. The topological polar surface area (TPSA) is 75.1 Å². The molecule has 1 atom stereocenters. The normalized spacial score (nSPS) is 12.8. The Kier molecular flexibility index (Phi) is 2.78. The van der Waals surface area contributed by atoms with Crippen LogP contribution in [0.15, 0.2) is 9.59 Å². The van der Waals surface area contributed by atoms with Crippen LogP contribution in [-0.4, -0.2) is 14.7 Å². The summed E-state index contributed by atoms with van der Waals surface area (Å²) < 4.78 is 1.19. The number of nitrogens with zero attached hydrogens (tertiary/aromatic N) is 1. The molecule has 5 nitrogen and oxygen atoms in total. The van der Waals surface area contributed by atoms with Gasteiger partial charge in [0.05, 0.1) is 5.56 Å². The van der Waals surface area contributed by atoms with Crippen molar-refractivity contribution < 1.29 is 5.11 Å². The number of nitrogens with one attached hydrogen (secondary N) is 1. The molecule has 0 fully saturated rings. The highest BCUT2D eigenvalue weighted by Crippen LogP contribution is 2.16. The van der Waals surface area contributed by atoms with Crippen molar-refractivity contribution in [1.82, 2.24) is 9.55 Å². The summed E-state index contributed by atoms with van der Waals surface area (Å²) in [5.41, 5.74) is -0.926. The molecule has 0 aliphatic carbocycles. The van der Waals surface area contributed by atoms with Crippen molar-refractivity contribution in [3.05, 3.63) is 26.4 Å². The molecular formula is C9H14N2O3. The minimum atomic E-state index is -0.563. The van der Waals surface area contributed by atoms with Crippen LogP contribution in [-0.2, 0) is 0 Å². The van der Waals surface area contributed by atoms with Crippen molar-refractivity contribution >= 4 is 0 Å². The Morgan fingerprint density at radius 2 is 2.07 bits per heavy atom. The summed E-state index contributed by atoms with van der Waals surface area (Å²) in [5.74, 6) is -0.242. The van der Waals surface area contributed by atoms with E-state index in [1.807, 2.05) is 6.92 Å². The number of hydrogen-bond acceptors (Lipinski definition) is 3. The Morgan fingerprint density at radius 1 is 1.50 bits per heavy atom. The molecular weight excluding hydrogens is 184 g/mol. The minimum Gasteiger partial charge on any atom is -0.494 e. The van der Waals surface area contributed by atoms with Gasteiger partial charge in [-0.15, -0.1) is 0 Å². The largest absolute Gasteiger partial charge is 0.494 e. The molecule has 0 amide bonds. The molecule has 0 bridgehead atoms. The lowest BCUT2D eigenvalue weighted by molar-refractivity contribution is 0.363. The zero-order valence-electron chi connectivity index (χ0n) is 8.50. The van der Waals surface area contributed by atoms with Gasteiger partial charge in [-0.2, -0.15) is 0 Å². The van der Waals surface area contributed by atoms with Gasteiger partial charge in [0, 0.05) is 6.04 Å². The van der Waals surface area contributed by atoms with E-state index >= 15 is 0 Å². The van der Waals surface area contributed by atoms with Crippen LogP contribution in [0.3, 0.4) is 0 Å². The van der Waals surface area contributed by atoms with Gasteiger partial charge in [0.1, 0.15) is 0 Å². The first kappa shape index (κ1) is 10.6. The predicted molar refractivity (Wildman–Crippen MR) is 52.7 cm³/mol. The molecule has 1 rings (SSSR count). The van der Waals surface area contributed by atoms with Crippen LogP contribution in [0.1, 0.15) is 31.9 Å². The summed E-state index contributed by atoms with van der Waals surface area (Å²) >= 11 is 0. The van der Waals surface area contributed by atoms with Crippen molar-refractivity contribution in [2.75, 3.05) is 0 Å². The lowest BCUT2D eigenvalue weighted by atomic mass is 10.2. The lowest BCUT2D eigenvalue weighted by Gasteiger charge is -2.14. The Bertz CT molecular complexity index is 444. The van der Waals surface area contributed by atoms with E-state index < -0.39 is 11.2 Å². The van der Waals surface area contributed by atoms with Crippen LogP contribution in [0.4, 0.5) is 0 Å². The standard InChI is InChI=1S/C9H14N2O3/c1-4-5(2)11-8(13)6(3)7(12)10-9(11)14/h5,13H,4H2,1-3H3,(H,10,12,14). The third kappa shape index (κ3) is 1.57. The molecule has 0 aliphatic heterocycles. The van der Waals surface area contributed by atoms with Gasteiger partial charge in [-0.05, 0) is 20.3 Å². The number of aromatic hydroxyl groups is 1. The van der Waals surface area contributed by atoms with Crippen LogP contribution >= 0.6 is 0 Å². The second-order valence-electron chi connectivity index (χ2n) is 3.34. The first-order chi connectivity index (χ1) is 6.49. The fraction of sp³-hybridized carbons (Fsp3) is 0.556. The quantitative estimate of drug-likeness (QED) is 0.727. The van der Waals surface area contributed by atoms with Gasteiger partial charge in [0.2, 0.25) is 5.88 Å². The van der Waals surface area contributed by atoms with E-state index in [9.17, 15) is 14.7 Å². The predicted octanol–water partition coefficient (Wildman–Crippen LogP) is 0.522. The molecule has 2 N–H and O–H groups in total. The summed E-state index contributed by atoms with van der Waals surface area (Å²) in [7, 11) is 0. The number of aromatic nitrogens is 2. The van der Waals surface area contributed by atoms with Gasteiger partial charge in [-0.1, -0.05) is 6.92 Å². The molecule has 0 radical (unpaired) electrons. The zero-order chi connectivity index (χ0) is 10.9. The Morgan fingerprint density at radius 3 is 2.57 bits per heavy atom. The molecule has 14 heavy (non-hydrogen) atoms. The van der Waals surface area contributed by atoms with Crippen LogP contribution < -0.4 is 11.2 Å². The van der Waals surface area contributed by atoms with Crippen LogP contribution in [0.5, 0.6) is 5.88 Å². The molecule has 0 saturated heterocycles. The summed E-state index contributed by atoms with van der Waals surface area (Å²) in [6.07, 6.45) is 0.707. The third-order valence-electron chi connectivity index (χ3n) is 2.38. The number of H-pyrrole nitrogens is 1. The Hall–Kier alpha value is -1.52. The number of hydrogen-bond donors (Lipinski definition) is 2. The molecule has 1 aromatic heterocycles. The average Bonchev–Trinajstić information content (AvgIpc) is 2.14. The van der Waals surface area contributed by atoms with Crippen molar-refractivity contribution in [2.24, 2.45) is 0 Å². The maximum Gasteiger partial charge on any atom is 0.331 e. The second-order valence-corrected chi connectivity index (χ2v) is 3.34. The van der Waals surface area contributed by atoms with Gasteiger partial charge >= 0.3 is 5.69 Å². The molecule has 78 valence electrons. The highest BCUT2D eigenvalue weighted by molar-refractivity contribution is 5.20. The highest BCUT2D eigenvalue weighted by atomic mass is 16.3. The van der Waals surface area contributed by atoms with Gasteiger partial charge in [-0.25, -0.2) is 4.79 Å². The lowest BCUT2D eigenvalue weighted by Crippen LogP contribution is -2.32. The van der Waals surface area contributed by atoms with Crippen LogP contribution in [0.25, 0.3) is 0 Å². The smallest absolute Gasteiger partial charge is 0.331 e. The SMILES string of the molecule is CCC(C)n1c(O)c(C)c(=O)[nH]c1=O. The van der Waals surface area contributed by atoms with E-state index in [1.165, 1.54) is 11.5 Å². The van der Waals surface area contributed by atoms with E-state index in [4.69, 9.17) is 0 Å². The maximum atomic E-state index is 11.4. The van der Waals surface area contributed by atoms with Gasteiger partial charge in [-0.3, -0.25) is 14.3 Å². The van der Waals surface area contributed by atoms with E-state index in [0.29, 0.717) is 6.42 Å². The van der Waals surface area contributed by atoms with E-state index in [2.05, 4.69) is 4.98 Å². The Balaban J connectivity index is 3.52. The third-order valence-corrected chi connectivity index (χ3v) is 2.38. The molecule has 0 aromatic carbocycles. The van der Waals surface area contributed by atoms with Gasteiger partial charge in [0.25, 0.3) is 5.56 Å². The first-order valence-electron chi connectivity index (χ1n) is 4.53. The van der Waals surface area contributed by atoms with Crippen LogP contribution in [0.2, 0.25) is 0 Å². The fourth-order valence-corrected chi connectivity index (χ4v) is 1.22. The van der Waals surface area contributed by atoms with E-state index in [1.54, 1.807) is 6.92 Å². The fourth-order valence-electron chi connectivity index (χ4n) is 1.22. The molecule has 0 saturated carbocycles. The van der Waals surface area contributed by atoms with Gasteiger partial charge in [0.15, 0.2) is 0 Å². The van der Waals surface area contributed by atoms with Crippen molar-refractivity contribution in [1.29, 1.82) is 0 Å². The minimum absolute atomic E-state index is 0.127. The zero-order valence-corrected chi connectivity index (χ0v) is 8.50. The highest BCUT2D eigenvalue weighted by Gasteiger charge is 2.13. The summed E-state index contributed by atoms with van der Waals surface area (Å²) in [6, 6.07) is -0.127.